The molecule has 1 aromatic carbocycles. The number of hydrogen-bond donors (Lipinski definition) is 0. The van der Waals surface area contributed by atoms with E-state index in [-0.39, 0.29) is 5.91 Å². The van der Waals surface area contributed by atoms with Gasteiger partial charge < -0.3 is 4.90 Å². The van der Waals surface area contributed by atoms with Crippen molar-refractivity contribution >= 4 is 16.9 Å². The SMILES string of the molecule is CC(C)Cc1cn(CC2CCCN(C(=O)c3cccc4nccnc34)C2)nn1. The van der Waals surface area contributed by atoms with E-state index in [1.807, 2.05) is 34.0 Å². The minimum atomic E-state index is 0.0369. The third-order valence-corrected chi connectivity index (χ3v) is 5.18. The molecular weight excluding hydrogens is 352 g/mol. The summed E-state index contributed by atoms with van der Waals surface area (Å²) in [6.45, 7) is 6.67. The third kappa shape index (κ3) is 4.03. The number of benzene rings is 1. The highest BCUT2D eigenvalue weighted by atomic mass is 16.2. The van der Waals surface area contributed by atoms with Gasteiger partial charge in [-0.05, 0) is 43.2 Å². The maximum atomic E-state index is 13.2. The van der Waals surface area contributed by atoms with Gasteiger partial charge in [-0.15, -0.1) is 5.10 Å². The number of piperidine rings is 1. The van der Waals surface area contributed by atoms with Crippen molar-refractivity contribution in [1.82, 2.24) is 29.9 Å². The summed E-state index contributed by atoms with van der Waals surface area (Å²) in [5, 5.41) is 8.55. The number of carbonyl (C=O) groups is 1. The Morgan fingerprint density at radius 3 is 2.96 bits per heavy atom. The molecule has 0 spiro atoms. The number of amides is 1. The average molecular weight is 378 g/mol. The minimum Gasteiger partial charge on any atom is -0.338 e. The van der Waals surface area contributed by atoms with E-state index in [0.29, 0.717) is 22.9 Å². The number of fused-ring (bicyclic) bond motifs is 1. The Bertz CT molecular complexity index is 961. The molecule has 1 saturated heterocycles. The molecule has 2 aromatic heterocycles. The minimum absolute atomic E-state index is 0.0369. The molecular formula is C21H26N6O. The van der Waals surface area contributed by atoms with Gasteiger partial charge in [0.2, 0.25) is 0 Å². The third-order valence-electron chi connectivity index (χ3n) is 5.18. The van der Waals surface area contributed by atoms with E-state index in [1.54, 1.807) is 12.4 Å². The van der Waals surface area contributed by atoms with Crippen molar-refractivity contribution < 1.29 is 4.79 Å². The van der Waals surface area contributed by atoms with Crippen LogP contribution in [-0.2, 0) is 13.0 Å². The fraction of sp³-hybridized carbons (Fsp3) is 0.476. The molecule has 1 unspecified atom stereocenters. The second-order valence-electron chi connectivity index (χ2n) is 8.02. The highest BCUT2D eigenvalue weighted by Gasteiger charge is 2.26. The molecule has 3 aromatic rings. The van der Waals surface area contributed by atoms with E-state index in [2.05, 4.69) is 34.1 Å². The van der Waals surface area contributed by atoms with Crippen molar-refractivity contribution in [2.24, 2.45) is 11.8 Å². The van der Waals surface area contributed by atoms with Gasteiger partial charge in [0.1, 0.15) is 5.52 Å². The van der Waals surface area contributed by atoms with Crippen LogP contribution in [0.3, 0.4) is 0 Å². The van der Waals surface area contributed by atoms with Gasteiger partial charge in [-0.3, -0.25) is 19.4 Å². The van der Waals surface area contributed by atoms with Crippen molar-refractivity contribution in [3.8, 4) is 0 Å². The van der Waals surface area contributed by atoms with Crippen molar-refractivity contribution in [2.75, 3.05) is 13.1 Å². The van der Waals surface area contributed by atoms with Crippen LogP contribution >= 0.6 is 0 Å². The van der Waals surface area contributed by atoms with Crippen molar-refractivity contribution in [3.63, 3.8) is 0 Å². The van der Waals surface area contributed by atoms with Gasteiger partial charge in [0.15, 0.2) is 0 Å². The fourth-order valence-corrected chi connectivity index (χ4v) is 3.94. The molecule has 0 saturated carbocycles. The Morgan fingerprint density at radius 1 is 1.25 bits per heavy atom. The molecule has 1 fully saturated rings. The van der Waals surface area contributed by atoms with Crippen LogP contribution in [0.2, 0.25) is 0 Å². The lowest BCUT2D eigenvalue weighted by atomic mass is 9.97. The molecule has 0 aliphatic carbocycles. The predicted octanol–water partition coefficient (Wildman–Crippen LogP) is 2.97. The van der Waals surface area contributed by atoms with Crippen molar-refractivity contribution in [1.29, 1.82) is 0 Å². The van der Waals surface area contributed by atoms with Crippen LogP contribution in [0.25, 0.3) is 11.0 Å². The number of para-hydroxylation sites is 1. The van der Waals surface area contributed by atoms with Crippen LogP contribution in [0.4, 0.5) is 0 Å². The quantitative estimate of drug-likeness (QED) is 0.682. The average Bonchev–Trinajstić information content (AvgIpc) is 3.13. The first-order chi connectivity index (χ1) is 13.6. The van der Waals surface area contributed by atoms with Gasteiger partial charge in [-0.1, -0.05) is 25.1 Å². The number of nitrogens with zero attached hydrogens (tertiary/aromatic N) is 6. The van der Waals surface area contributed by atoms with Crippen LogP contribution < -0.4 is 0 Å². The number of hydrogen-bond acceptors (Lipinski definition) is 5. The fourth-order valence-electron chi connectivity index (χ4n) is 3.94. The molecule has 3 heterocycles. The molecule has 1 aliphatic heterocycles. The molecule has 0 bridgehead atoms. The molecule has 0 radical (unpaired) electrons. The van der Waals surface area contributed by atoms with Gasteiger partial charge >= 0.3 is 0 Å². The van der Waals surface area contributed by atoms with Gasteiger partial charge in [0.05, 0.1) is 16.8 Å². The largest absolute Gasteiger partial charge is 0.338 e. The zero-order valence-corrected chi connectivity index (χ0v) is 16.5. The van der Waals surface area contributed by atoms with E-state index in [4.69, 9.17) is 0 Å². The Labute approximate surface area is 164 Å². The molecule has 7 nitrogen and oxygen atoms in total. The normalized spacial score (nSPS) is 17.4. The number of aromatic nitrogens is 5. The maximum absolute atomic E-state index is 13.2. The summed E-state index contributed by atoms with van der Waals surface area (Å²) in [6.07, 6.45) is 8.37. The molecule has 28 heavy (non-hydrogen) atoms. The van der Waals surface area contributed by atoms with Crippen LogP contribution in [0, 0.1) is 11.8 Å². The van der Waals surface area contributed by atoms with Gasteiger partial charge in [-0.25, -0.2) is 0 Å². The predicted molar refractivity (Wildman–Crippen MR) is 107 cm³/mol. The Balaban J connectivity index is 1.46. The summed E-state index contributed by atoms with van der Waals surface area (Å²) in [7, 11) is 0. The van der Waals surface area contributed by atoms with Crippen LogP contribution in [0.1, 0.15) is 42.7 Å². The number of rotatable bonds is 5. The molecule has 1 aliphatic rings. The van der Waals surface area contributed by atoms with Crippen LogP contribution in [0.15, 0.2) is 36.8 Å². The molecule has 7 heteroatoms. The first-order valence-electron chi connectivity index (χ1n) is 9.98. The summed E-state index contributed by atoms with van der Waals surface area (Å²) >= 11 is 0. The lowest BCUT2D eigenvalue weighted by Gasteiger charge is -2.32. The molecule has 146 valence electrons. The van der Waals surface area contributed by atoms with E-state index < -0.39 is 0 Å². The van der Waals surface area contributed by atoms with E-state index >= 15 is 0 Å². The lowest BCUT2D eigenvalue weighted by molar-refractivity contribution is 0.0661. The highest BCUT2D eigenvalue weighted by molar-refractivity contribution is 6.04. The zero-order chi connectivity index (χ0) is 19.5. The van der Waals surface area contributed by atoms with E-state index in [1.165, 1.54) is 0 Å². The summed E-state index contributed by atoms with van der Waals surface area (Å²) in [5.74, 6) is 0.985. The van der Waals surface area contributed by atoms with Gasteiger partial charge in [0.25, 0.3) is 5.91 Å². The first-order valence-corrected chi connectivity index (χ1v) is 9.98. The van der Waals surface area contributed by atoms with Gasteiger partial charge in [0, 0.05) is 38.2 Å². The second kappa shape index (κ2) is 8.04. The second-order valence-corrected chi connectivity index (χ2v) is 8.02. The smallest absolute Gasteiger partial charge is 0.256 e. The summed E-state index contributed by atoms with van der Waals surface area (Å²) in [6, 6.07) is 5.60. The topological polar surface area (TPSA) is 76.8 Å². The van der Waals surface area contributed by atoms with Gasteiger partial charge in [-0.2, -0.15) is 0 Å². The van der Waals surface area contributed by atoms with Crippen molar-refractivity contribution in [3.05, 3.63) is 48.0 Å². The standard InChI is InChI=1S/C21H26N6O/c1-15(2)11-17-14-27(25-24-17)13-16-5-4-10-26(12-16)21(28)18-6-3-7-19-20(18)23-9-8-22-19/h3,6-9,14-16H,4-5,10-13H2,1-2H3. The van der Waals surface area contributed by atoms with E-state index in [0.717, 1.165) is 50.1 Å². The summed E-state index contributed by atoms with van der Waals surface area (Å²) < 4.78 is 1.93. The summed E-state index contributed by atoms with van der Waals surface area (Å²) in [5.41, 5.74) is 3.09. The Morgan fingerprint density at radius 2 is 2.11 bits per heavy atom. The molecule has 1 amide bonds. The molecule has 4 rings (SSSR count). The summed E-state index contributed by atoms with van der Waals surface area (Å²) in [4.78, 5) is 23.8. The first kappa shape index (κ1) is 18.5. The zero-order valence-electron chi connectivity index (χ0n) is 16.5. The Kier molecular flexibility index (Phi) is 5.32. The van der Waals surface area contributed by atoms with Crippen molar-refractivity contribution in [2.45, 2.75) is 39.7 Å². The molecule has 1 atom stereocenters. The monoisotopic (exact) mass is 378 g/mol. The van der Waals surface area contributed by atoms with E-state index in [9.17, 15) is 4.79 Å². The molecule has 0 N–H and O–H groups in total. The maximum Gasteiger partial charge on any atom is 0.256 e. The number of carbonyl (C=O) groups excluding carboxylic acids is 1. The van der Waals surface area contributed by atoms with Crippen LogP contribution in [-0.4, -0.2) is 48.9 Å². The van der Waals surface area contributed by atoms with Crippen LogP contribution in [0.5, 0.6) is 0 Å². The number of likely N-dealkylation sites (tertiary alicyclic amines) is 1. The lowest BCUT2D eigenvalue weighted by Crippen LogP contribution is -2.41. The highest BCUT2D eigenvalue weighted by Crippen LogP contribution is 2.22. The Hall–Kier alpha value is -2.83.